The third-order valence-corrected chi connectivity index (χ3v) is 6.06. The first-order chi connectivity index (χ1) is 15.9. The number of amides is 1. The van der Waals surface area contributed by atoms with Crippen molar-refractivity contribution in [2.24, 2.45) is 5.92 Å². The predicted octanol–water partition coefficient (Wildman–Crippen LogP) is 4.58. The van der Waals surface area contributed by atoms with Gasteiger partial charge in [0.1, 0.15) is 11.8 Å². The molecule has 0 saturated carbocycles. The number of pyridine rings is 1. The average molecular weight is 463 g/mol. The molecule has 1 aromatic carbocycles. The molecule has 1 atom stereocenters. The van der Waals surface area contributed by atoms with Crippen LogP contribution < -0.4 is 4.90 Å². The van der Waals surface area contributed by atoms with Crippen LogP contribution in [0.2, 0.25) is 0 Å². The van der Waals surface area contributed by atoms with Crippen LogP contribution in [0.5, 0.6) is 0 Å². The fourth-order valence-electron chi connectivity index (χ4n) is 3.56. The number of Topliss-reactive ketones (excluding diaryl/α,β-unsaturated/α-hetero) is 1. The maximum atomic E-state index is 13.1. The van der Waals surface area contributed by atoms with Crippen LogP contribution in [0.4, 0.5) is 5.69 Å². The summed E-state index contributed by atoms with van der Waals surface area (Å²) in [5.74, 6) is -2.02. The minimum atomic E-state index is -0.795. The number of aliphatic hydroxyl groups is 1. The average Bonchev–Trinajstić information content (AvgIpc) is 3.44. The van der Waals surface area contributed by atoms with Crippen molar-refractivity contribution in [3.63, 3.8) is 0 Å². The van der Waals surface area contributed by atoms with Crippen LogP contribution in [-0.2, 0) is 14.3 Å². The van der Waals surface area contributed by atoms with E-state index in [9.17, 15) is 19.5 Å². The van der Waals surface area contributed by atoms with Crippen LogP contribution in [0.3, 0.4) is 0 Å². The highest BCUT2D eigenvalue weighted by Gasteiger charge is 2.47. The van der Waals surface area contributed by atoms with E-state index in [0.29, 0.717) is 23.4 Å². The summed E-state index contributed by atoms with van der Waals surface area (Å²) in [6, 6.07) is 12.3. The van der Waals surface area contributed by atoms with Crippen LogP contribution in [-0.4, -0.2) is 34.4 Å². The van der Waals surface area contributed by atoms with E-state index in [1.807, 2.05) is 31.4 Å². The van der Waals surface area contributed by atoms with Crippen molar-refractivity contribution in [3.05, 3.63) is 87.9 Å². The molecule has 4 rings (SSSR count). The summed E-state index contributed by atoms with van der Waals surface area (Å²) in [6.07, 6.45) is 3.00. The molecule has 3 aromatic rings. The Morgan fingerprint density at radius 3 is 2.39 bits per heavy atom. The molecule has 1 fully saturated rings. The minimum Gasteiger partial charge on any atom is -0.507 e. The van der Waals surface area contributed by atoms with Gasteiger partial charge in [0.05, 0.1) is 17.7 Å². The second-order valence-corrected chi connectivity index (χ2v) is 8.94. The summed E-state index contributed by atoms with van der Waals surface area (Å²) >= 11 is 1.38. The van der Waals surface area contributed by atoms with Gasteiger partial charge in [-0.2, -0.15) is 0 Å². The van der Waals surface area contributed by atoms with Crippen molar-refractivity contribution in [2.45, 2.75) is 19.9 Å². The minimum absolute atomic E-state index is 0.00840. The van der Waals surface area contributed by atoms with Gasteiger partial charge in [-0.3, -0.25) is 19.5 Å². The maximum absolute atomic E-state index is 13.1. The number of nitrogens with zero attached hydrogens (tertiary/aromatic N) is 2. The largest absolute Gasteiger partial charge is 0.507 e. The molecule has 0 radical (unpaired) electrons. The zero-order chi connectivity index (χ0) is 23.5. The van der Waals surface area contributed by atoms with E-state index in [-0.39, 0.29) is 17.3 Å². The monoisotopic (exact) mass is 462 g/mol. The molecule has 1 unspecified atom stereocenters. The van der Waals surface area contributed by atoms with Crippen molar-refractivity contribution >= 4 is 40.4 Å². The van der Waals surface area contributed by atoms with Gasteiger partial charge in [-0.25, -0.2) is 4.79 Å². The highest BCUT2D eigenvalue weighted by atomic mass is 32.1. The van der Waals surface area contributed by atoms with Crippen LogP contribution in [0.1, 0.15) is 40.7 Å². The standard InChI is InChI=1S/C25H22N2O5S/c1-15(2)14-32-25(31)17-5-7-18(8-6-17)27-21(19-4-3-13-33-19)20(23(29)24(27)30)22(28)16-9-11-26-12-10-16/h3-13,15,21,28H,14H2,1-2H3/b22-20-. The van der Waals surface area contributed by atoms with Crippen molar-refractivity contribution in [2.75, 3.05) is 11.5 Å². The van der Waals surface area contributed by atoms with Gasteiger partial charge in [-0.05, 0) is 53.8 Å². The molecule has 1 N–H and O–H groups in total. The molecule has 0 bridgehead atoms. The number of ether oxygens (including phenoxy) is 1. The number of hydrogen-bond acceptors (Lipinski definition) is 7. The Labute approximate surface area is 195 Å². The lowest BCUT2D eigenvalue weighted by molar-refractivity contribution is -0.132. The number of esters is 1. The molecular formula is C25H22N2O5S. The van der Waals surface area contributed by atoms with E-state index >= 15 is 0 Å². The Kier molecular flexibility index (Phi) is 6.37. The second kappa shape index (κ2) is 9.38. The molecule has 3 heterocycles. The quantitative estimate of drug-likeness (QED) is 0.249. The van der Waals surface area contributed by atoms with E-state index in [4.69, 9.17) is 4.74 Å². The highest BCUT2D eigenvalue weighted by molar-refractivity contribution is 7.10. The number of thiophene rings is 1. The number of carbonyl (C=O) groups excluding carboxylic acids is 3. The van der Waals surface area contributed by atoms with E-state index in [1.165, 1.54) is 28.6 Å². The first-order valence-corrected chi connectivity index (χ1v) is 11.3. The molecule has 1 amide bonds. The number of aromatic nitrogens is 1. The van der Waals surface area contributed by atoms with Crippen molar-refractivity contribution in [1.29, 1.82) is 0 Å². The van der Waals surface area contributed by atoms with Crippen molar-refractivity contribution < 1.29 is 24.2 Å². The molecule has 0 spiro atoms. The zero-order valence-electron chi connectivity index (χ0n) is 18.1. The third-order valence-electron chi connectivity index (χ3n) is 5.14. The molecule has 1 aliphatic rings. The molecular weight excluding hydrogens is 440 g/mol. The SMILES string of the molecule is CC(C)COC(=O)c1ccc(N2C(=O)C(=O)/C(=C(\O)c3ccncc3)C2c2cccs2)cc1. The Morgan fingerprint density at radius 1 is 1.09 bits per heavy atom. The van der Waals surface area contributed by atoms with Crippen LogP contribution >= 0.6 is 11.3 Å². The topological polar surface area (TPSA) is 96.8 Å². The Bertz CT molecular complexity index is 1200. The molecule has 8 heteroatoms. The van der Waals surface area contributed by atoms with Crippen LogP contribution in [0.15, 0.2) is 71.9 Å². The summed E-state index contributed by atoms with van der Waals surface area (Å²) in [7, 11) is 0. The van der Waals surface area contributed by atoms with E-state index in [1.54, 1.807) is 36.4 Å². The molecule has 1 aliphatic heterocycles. The van der Waals surface area contributed by atoms with E-state index < -0.39 is 23.7 Å². The van der Waals surface area contributed by atoms with Gasteiger partial charge in [0.2, 0.25) is 0 Å². The highest BCUT2D eigenvalue weighted by Crippen LogP contribution is 2.43. The normalized spacial score (nSPS) is 17.5. The lowest BCUT2D eigenvalue weighted by Gasteiger charge is -2.24. The van der Waals surface area contributed by atoms with Crippen LogP contribution in [0, 0.1) is 5.92 Å². The Morgan fingerprint density at radius 2 is 1.79 bits per heavy atom. The lowest BCUT2D eigenvalue weighted by Crippen LogP contribution is -2.29. The van der Waals surface area contributed by atoms with Gasteiger partial charge >= 0.3 is 5.97 Å². The van der Waals surface area contributed by atoms with Gasteiger partial charge in [-0.1, -0.05) is 19.9 Å². The third kappa shape index (κ3) is 4.42. The smallest absolute Gasteiger partial charge is 0.338 e. The fourth-order valence-corrected chi connectivity index (χ4v) is 4.39. The summed E-state index contributed by atoms with van der Waals surface area (Å²) in [4.78, 5) is 44.4. The van der Waals surface area contributed by atoms with Gasteiger partial charge in [0.15, 0.2) is 0 Å². The zero-order valence-corrected chi connectivity index (χ0v) is 18.9. The number of aliphatic hydroxyl groups excluding tert-OH is 1. The van der Waals surface area contributed by atoms with Crippen LogP contribution in [0.25, 0.3) is 5.76 Å². The second-order valence-electron chi connectivity index (χ2n) is 7.96. The van der Waals surface area contributed by atoms with Crippen molar-refractivity contribution in [1.82, 2.24) is 4.98 Å². The molecule has 33 heavy (non-hydrogen) atoms. The number of carbonyl (C=O) groups is 3. The number of ketones is 1. The molecule has 0 aliphatic carbocycles. The number of benzene rings is 1. The van der Waals surface area contributed by atoms with Gasteiger partial charge in [0, 0.05) is 28.5 Å². The summed E-state index contributed by atoms with van der Waals surface area (Å²) < 4.78 is 5.25. The fraction of sp³-hybridized carbons (Fsp3) is 0.200. The van der Waals surface area contributed by atoms with Gasteiger partial charge in [-0.15, -0.1) is 11.3 Å². The number of hydrogen-bond donors (Lipinski definition) is 1. The Balaban J connectivity index is 1.74. The molecule has 2 aromatic heterocycles. The number of rotatable bonds is 6. The van der Waals surface area contributed by atoms with E-state index in [0.717, 1.165) is 4.88 Å². The first-order valence-electron chi connectivity index (χ1n) is 10.4. The molecule has 1 saturated heterocycles. The first kappa shape index (κ1) is 22.4. The predicted molar refractivity (Wildman–Crippen MR) is 125 cm³/mol. The van der Waals surface area contributed by atoms with E-state index in [2.05, 4.69) is 4.98 Å². The Hall–Kier alpha value is -3.78. The maximum Gasteiger partial charge on any atom is 0.338 e. The molecule has 7 nitrogen and oxygen atoms in total. The lowest BCUT2D eigenvalue weighted by atomic mass is 10.00. The summed E-state index contributed by atoms with van der Waals surface area (Å²) in [6.45, 7) is 4.20. The van der Waals surface area contributed by atoms with Gasteiger partial charge in [0.25, 0.3) is 11.7 Å². The number of anilines is 1. The summed E-state index contributed by atoms with van der Waals surface area (Å²) in [5, 5.41) is 12.8. The summed E-state index contributed by atoms with van der Waals surface area (Å²) in [5.41, 5.74) is 1.19. The van der Waals surface area contributed by atoms with Gasteiger partial charge < -0.3 is 9.84 Å². The molecule has 168 valence electrons. The van der Waals surface area contributed by atoms with Crippen molar-refractivity contribution in [3.8, 4) is 0 Å².